The molecule has 1 aliphatic rings. The molecule has 0 N–H and O–H groups in total. The first-order valence-corrected chi connectivity index (χ1v) is 12.1. The van der Waals surface area contributed by atoms with E-state index in [1.54, 1.807) is 0 Å². The molecule has 8 rings (SSSR count). The summed E-state index contributed by atoms with van der Waals surface area (Å²) in [7, 11) is 0. The molecular formula is C33H22O2. The third kappa shape index (κ3) is 2.49. The molecule has 2 heterocycles. The van der Waals surface area contributed by atoms with Crippen LogP contribution < -0.4 is 0 Å². The number of hydrogen-bond donors (Lipinski definition) is 0. The molecular weight excluding hydrogens is 428 g/mol. The molecule has 0 fully saturated rings. The van der Waals surface area contributed by atoms with E-state index in [4.69, 9.17) is 8.83 Å². The minimum atomic E-state index is -0.0355. The van der Waals surface area contributed by atoms with Crippen molar-refractivity contribution < 1.29 is 8.83 Å². The lowest BCUT2D eigenvalue weighted by Crippen LogP contribution is -2.14. The number of fused-ring (bicyclic) bond motifs is 9. The van der Waals surface area contributed by atoms with Gasteiger partial charge in [-0.25, -0.2) is 0 Å². The van der Waals surface area contributed by atoms with Gasteiger partial charge in [0.2, 0.25) is 0 Å². The number of rotatable bonds is 1. The van der Waals surface area contributed by atoms with Crippen molar-refractivity contribution in [1.82, 2.24) is 0 Å². The van der Waals surface area contributed by atoms with E-state index in [2.05, 4.69) is 98.8 Å². The molecule has 7 aromatic rings. The Morgan fingerprint density at radius 3 is 1.86 bits per heavy atom. The Hall–Kier alpha value is -4.30. The van der Waals surface area contributed by atoms with Crippen LogP contribution in [0, 0.1) is 0 Å². The average molecular weight is 451 g/mol. The SMILES string of the molecule is CC1(C)c2ccccc2-c2cc3c(cc21)oc1cc(-c2ccc4c(c2)oc2ccccc24)ccc13. The molecule has 0 aliphatic heterocycles. The van der Waals surface area contributed by atoms with Crippen LogP contribution in [0.5, 0.6) is 0 Å². The fourth-order valence-electron chi connectivity index (χ4n) is 6.06. The molecule has 2 heteroatoms. The zero-order valence-electron chi connectivity index (χ0n) is 19.6. The van der Waals surface area contributed by atoms with Crippen LogP contribution in [0.15, 0.2) is 106 Å². The lowest BCUT2D eigenvalue weighted by atomic mass is 9.82. The Labute approximate surface area is 202 Å². The molecule has 0 amide bonds. The summed E-state index contributed by atoms with van der Waals surface area (Å²) >= 11 is 0. The average Bonchev–Trinajstić information content (AvgIpc) is 3.50. The van der Waals surface area contributed by atoms with E-state index < -0.39 is 0 Å². The Morgan fingerprint density at radius 1 is 0.457 bits per heavy atom. The first-order chi connectivity index (χ1) is 17.1. The van der Waals surface area contributed by atoms with Crippen LogP contribution in [0.25, 0.3) is 66.1 Å². The molecule has 0 saturated heterocycles. The van der Waals surface area contributed by atoms with Gasteiger partial charge >= 0.3 is 0 Å². The quantitative estimate of drug-likeness (QED) is 0.249. The summed E-state index contributed by atoms with van der Waals surface area (Å²) in [5.74, 6) is 0. The topological polar surface area (TPSA) is 26.3 Å². The van der Waals surface area contributed by atoms with Crippen molar-refractivity contribution in [2.45, 2.75) is 19.3 Å². The van der Waals surface area contributed by atoms with Crippen LogP contribution >= 0.6 is 0 Å². The maximum atomic E-state index is 6.44. The van der Waals surface area contributed by atoms with Crippen molar-refractivity contribution in [3.63, 3.8) is 0 Å². The van der Waals surface area contributed by atoms with Gasteiger partial charge in [-0.3, -0.25) is 0 Å². The maximum Gasteiger partial charge on any atom is 0.136 e. The lowest BCUT2D eigenvalue weighted by Gasteiger charge is -2.21. The van der Waals surface area contributed by atoms with Crippen molar-refractivity contribution in [2.75, 3.05) is 0 Å². The Morgan fingerprint density at radius 2 is 1.06 bits per heavy atom. The standard InChI is InChI=1S/C33H22O2/c1-33(2)27-9-5-3-7-21(27)25-17-26-24-14-12-20(16-31(24)35-32(26)18-28(25)33)19-11-13-23-22-8-4-6-10-29(22)34-30(23)15-19/h3-18H,1-2H3. The molecule has 0 radical (unpaired) electrons. The van der Waals surface area contributed by atoms with Crippen LogP contribution in [0.1, 0.15) is 25.0 Å². The number of furan rings is 2. The van der Waals surface area contributed by atoms with Crippen molar-refractivity contribution in [3.8, 4) is 22.3 Å². The third-order valence-electron chi connectivity index (χ3n) is 7.89. The highest BCUT2D eigenvalue weighted by molar-refractivity contribution is 6.09. The summed E-state index contributed by atoms with van der Waals surface area (Å²) in [4.78, 5) is 0. The van der Waals surface area contributed by atoms with E-state index in [0.29, 0.717) is 0 Å². The van der Waals surface area contributed by atoms with Crippen LogP contribution in [0.2, 0.25) is 0 Å². The highest BCUT2D eigenvalue weighted by atomic mass is 16.3. The van der Waals surface area contributed by atoms with E-state index >= 15 is 0 Å². The molecule has 2 aromatic heterocycles. The summed E-state index contributed by atoms with van der Waals surface area (Å²) in [6, 6.07) is 34.5. The van der Waals surface area contributed by atoms with Crippen molar-refractivity contribution >= 4 is 43.9 Å². The number of hydrogen-bond acceptors (Lipinski definition) is 2. The van der Waals surface area contributed by atoms with Gasteiger partial charge in [0, 0.05) is 27.0 Å². The fraction of sp³-hybridized carbons (Fsp3) is 0.0909. The Bertz CT molecular complexity index is 1980. The van der Waals surface area contributed by atoms with Gasteiger partial charge in [-0.1, -0.05) is 68.4 Å². The van der Waals surface area contributed by atoms with E-state index in [-0.39, 0.29) is 5.41 Å². The van der Waals surface area contributed by atoms with Crippen LogP contribution in [-0.4, -0.2) is 0 Å². The first-order valence-electron chi connectivity index (χ1n) is 12.1. The monoisotopic (exact) mass is 450 g/mol. The Kier molecular flexibility index (Phi) is 3.50. The normalized spacial score (nSPS) is 14.2. The lowest BCUT2D eigenvalue weighted by molar-refractivity contribution is 0.647. The van der Waals surface area contributed by atoms with E-state index in [9.17, 15) is 0 Å². The van der Waals surface area contributed by atoms with Crippen LogP contribution in [0.4, 0.5) is 0 Å². The highest BCUT2D eigenvalue weighted by Crippen LogP contribution is 2.50. The van der Waals surface area contributed by atoms with Gasteiger partial charge in [-0.15, -0.1) is 0 Å². The van der Waals surface area contributed by atoms with Crippen LogP contribution in [0.3, 0.4) is 0 Å². The predicted molar refractivity (Wildman–Crippen MR) is 144 cm³/mol. The number of para-hydroxylation sites is 1. The van der Waals surface area contributed by atoms with E-state index in [0.717, 1.165) is 49.6 Å². The second-order valence-corrected chi connectivity index (χ2v) is 10.2. The number of benzene rings is 5. The molecule has 0 atom stereocenters. The maximum absolute atomic E-state index is 6.44. The fourth-order valence-corrected chi connectivity index (χ4v) is 6.06. The van der Waals surface area contributed by atoms with E-state index in [1.165, 1.54) is 27.6 Å². The van der Waals surface area contributed by atoms with Crippen molar-refractivity contribution in [1.29, 1.82) is 0 Å². The second kappa shape index (κ2) is 6.43. The zero-order chi connectivity index (χ0) is 23.3. The Balaban J connectivity index is 1.30. The summed E-state index contributed by atoms with van der Waals surface area (Å²) < 4.78 is 12.6. The largest absolute Gasteiger partial charge is 0.456 e. The predicted octanol–water partition coefficient (Wildman–Crippen LogP) is 9.46. The van der Waals surface area contributed by atoms with E-state index in [1.807, 2.05) is 12.1 Å². The molecule has 35 heavy (non-hydrogen) atoms. The molecule has 0 saturated carbocycles. The molecule has 0 bridgehead atoms. The molecule has 1 aliphatic carbocycles. The molecule has 0 unspecified atom stereocenters. The van der Waals surface area contributed by atoms with Crippen molar-refractivity contribution in [2.24, 2.45) is 0 Å². The second-order valence-electron chi connectivity index (χ2n) is 10.2. The smallest absolute Gasteiger partial charge is 0.136 e. The third-order valence-corrected chi connectivity index (χ3v) is 7.89. The van der Waals surface area contributed by atoms with Gasteiger partial charge in [0.05, 0.1) is 0 Å². The summed E-state index contributed by atoms with van der Waals surface area (Å²) in [6.45, 7) is 4.61. The summed E-state index contributed by atoms with van der Waals surface area (Å²) in [6.07, 6.45) is 0. The van der Waals surface area contributed by atoms with Gasteiger partial charge in [-0.05, 0) is 75.8 Å². The molecule has 166 valence electrons. The van der Waals surface area contributed by atoms with Gasteiger partial charge in [0.1, 0.15) is 22.3 Å². The van der Waals surface area contributed by atoms with Gasteiger partial charge in [0.25, 0.3) is 0 Å². The summed E-state index contributed by atoms with van der Waals surface area (Å²) in [5.41, 5.74) is 11.3. The summed E-state index contributed by atoms with van der Waals surface area (Å²) in [5, 5.41) is 4.62. The molecule has 2 nitrogen and oxygen atoms in total. The van der Waals surface area contributed by atoms with Crippen molar-refractivity contribution in [3.05, 3.63) is 108 Å². The molecule has 5 aromatic carbocycles. The van der Waals surface area contributed by atoms with Gasteiger partial charge in [-0.2, -0.15) is 0 Å². The first kappa shape index (κ1) is 19.1. The zero-order valence-corrected chi connectivity index (χ0v) is 19.6. The minimum absolute atomic E-state index is 0.0355. The van der Waals surface area contributed by atoms with Gasteiger partial charge < -0.3 is 8.83 Å². The minimum Gasteiger partial charge on any atom is -0.456 e. The van der Waals surface area contributed by atoms with Gasteiger partial charge in [0.15, 0.2) is 0 Å². The highest BCUT2D eigenvalue weighted by Gasteiger charge is 2.35. The molecule has 0 spiro atoms. The van der Waals surface area contributed by atoms with Crippen LogP contribution in [-0.2, 0) is 5.41 Å².